The van der Waals surface area contributed by atoms with Crippen molar-refractivity contribution in [2.45, 2.75) is 34.1 Å². The molecule has 0 aliphatic heterocycles. The average molecular weight is 452 g/mol. The second-order valence-electron chi connectivity index (χ2n) is 11.1. The van der Waals surface area contributed by atoms with Crippen LogP contribution in [0.4, 0.5) is 0 Å². The maximum absolute atomic E-state index is 9.56. The van der Waals surface area contributed by atoms with Gasteiger partial charge >= 0.3 is 0 Å². The number of fused-ring (bicyclic) bond motifs is 7. The Morgan fingerprint density at radius 1 is 0.829 bits per heavy atom. The van der Waals surface area contributed by atoms with Crippen LogP contribution in [0.1, 0.15) is 37.5 Å². The first-order valence-electron chi connectivity index (χ1n) is 12.2. The molecule has 0 unspecified atom stereocenters. The summed E-state index contributed by atoms with van der Waals surface area (Å²) < 4.78 is 2.41. The van der Waals surface area contributed by atoms with Gasteiger partial charge in [0.2, 0.25) is 0 Å². The fourth-order valence-corrected chi connectivity index (χ4v) is 6.09. The van der Waals surface area contributed by atoms with Gasteiger partial charge in [0.25, 0.3) is 0 Å². The van der Waals surface area contributed by atoms with E-state index in [1.807, 2.05) is 18.3 Å². The van der Waals surface area contributed by atoms with Crippen molar-refractivity contribution in [2.75, 3.05) is 0 Å². The summed E-state index contributed by atoms with van der Waals surface area (Å²) in [6, 6.07) is 24.1. The van der Waals surface area contributed by atoms with Gasteiger partial charge in [0.05, 0.1) is 33.7 Å². The Hall–Kier alpha value is -4.16. The van der Waals surface area contributed by atoms with E-state index in [9.17, 15) is 5.26 Å². The SMILES string of the molecule is Cc1c2ccc(CC(C)(C)C)cc2cc2c3nccc4ccc5c6cc(C#N)ccc6n(c12)c5c43. The monoisotopic (exact) mass is 451 g/mol. The Bertz CT molecular complexity index is 2030. The third-order valence-electron chi connectivity index (χ3n) is 7.43. The van der Waals surface area contributed by atoms with E-state index >= 15 is 0 Å². The molecule has 0 fully saturated rings. The van der Waals surface area contributed by atoms with Crippen molar-refractivity contribution in [1.82, 2.24) is 9.38 Å². The molecule has 3 aromatic heterocycles. The van der Waals surface area contributed by atoms with E-state index in [0.29, 0.717) is 5.56 Å². The number of aromatic nitrogens is 2. The van der Waals surface area contributed by atoms with Crippen LogP contribution >= 0.6 is 0 Å². The Kier molecular flexibility index (Phi) is 3.88. The molecule has 0 saturated carbocycles. The van der Waals surface area contributed by atoms with Crippen LogP contribution in [0.5, 0.6) is 0 Å². The molecule has 3 nitrogen and oxygen atoms in total. The Morgan fingerprint density at radius 3 is 2.46 bits per heavy atom. The number of pyridine rings is 2. The van der Waals surface area contributed by atoms with E-state index in [1.165, 1.54) is 54.5 Å². The van der Waals surface area contributed by atoms with E-state index < -0.39 is 0 Å². The second kappa shape index (κ2) is 6.71. The quantitative estimate of drug-likeness (QED) is 0.186. The minimum Gasteiger partial charge on any atom is -0.308 e. The molecule has 3 heteroatoms. The highest BCUT2D eigenvalue weighted by Gasteiger charge is 2.21. The van der Waals surface area contributed by atoms with Gasteiger partial charge in [0, 0.05) is 27.7 Å². The van der Waals surface area contributed by atoms with Crippen LogP contribution in [0.3, 0.4) is 0 Å². The summed E-state index contributed by atoms with van der Waals surface area (Å²) in [6.45, 7) is 9.10. The van der Waals surface area contributed by atoms with Crippen molar-refractivity contribution < 1.29 is 0 Å². The number of hydrogen-bond donors (Lipinski definition) is 0. The molecule has 0 radical (unpaired) electrons. The van der Waals surface area contributed by atoms with Crippen LogP contribution in [0.15, 0.2) is 66.9 Å². The predicted octanol–water partition coefficient (Wildman–Crippen LogP) is 8.31. The fourth-order valence-electron chi connectivity index (χ4n) is 6.09. The van der Waals surface area contributed by atoms with Crippen molar-refractivity contribution >= 4 is 59.8 Å². The lowest BCUT2D eigenvalue weighted by Crippen LogP contribution is -2.09. The summed E-state index contributed by atoms with van der Waals surface area (Å²) in [5.41, 5.74) is 8.12. The van der Waals surface area contributed by atoms with Gasteiger partial charge in [-0.25, -0.2) is 0 Å². The highest BCUT2D eigenvalue weighted by molar-refractivity contribution is 6.28. The van der Waals surface area contributed by atoms with Gasteiger partial charge in [0.1, 0.15) is 0 Å². The van der Waals surface area contributed by atoms with Crippen molar-refractivity contribution in [3.05, 3.63) is 83.6 Å². The largest absolute Gasteiger partial charge is 0.308 e. The van der Waals surface area contributed by atoms with Gasteiger partial charge in [0.15, 0.2) is 0 Å². The third kappa shape index (κ3) is 2.74. The molecule has 4 aromatic carbocycles. The van der Waals surface area contributed by atoms with E-state index in [-0.39, 0.29) is 5.41 Å². The van der Waals surface area contributed by atoms with Crippen molar-refractivity contribution in [3.8, 4) is 6.07 Å². The van der Waals surface area contributed by atoms with Crippen LogP contribution in [0.25, 0.3) is 59.8 Å². The average Bonchev–Trinajstić information content (AvgIpc) is 3.16. The number of rotatable bonds is 1. The van der Waals surface area contributed by atoms with Crippen LogP contribution < -0.4 is 0 Å². The van der Waals surface area contributed by atoms with E-state index in [2.05, 4.69) is 86.7 Å². The molecule has 168 valence electrons. The Morgan fingerprint density at radius 2 is 1.66 bits per heavy atom. The zero-order chi connectivity index (χ0) is 24.1. The van der Waals surface area contributed by atoms with Crippen molar-refractivity contribution in [3.63, 3.8) is 0 Å². The van der Waals surface area contributed by atoms with Crippen LogP contribution in [-0.4, -0.2) is 9.38 Å². The van der Waals surface area contributed by atoms with Crippen LogP contribution in [0, 0.1) is 23.7 Å². The maximum atomic E-state index is 9.56. The molecule has 0 amide bonds. The molecule has 0 atom stereocenters. The first kappa shape index (κ1) is 20.2. The minimum atomic E-state index is 0.237. The molecule has 35 heavy (non-hydrogen) atoms. The number of benzene rings is 4. The van der Waals surface area contributed by atoms with Crippen LogP contribution in [0.2, 0.25) is 0 Å². The standard InChI is InChI=1S/C32H25N3/c1-18-23-8-5-19(16-32(2,3)4)13-22(23)15-26-29-28-21(11-12-34-29)7-9-24-25-14-20(17-33)6-10-27(25)35(30(18)26)31(24)28/h5-15H,16H2,1-4H3. The van der Waals surface area contributed by atoms with E-state index in [1.54, 1.807) is 0 Å². The summed E-state index contributed by atoms with van der Waals surface area (Å²) in [7, 11) is 0. The molecule has 0 N–H and O–H groups in total. The van der Waals surface area contributed by atoms with Gasteiger partial charge in [-0.1, -0.05) is 51.1 Å². The minimum absolute atomic E-state index is 0.237. The van der Waals surface area contributed by atoms with E-state index in [0.717, 1.165) is 22.8 Å². The smallest absolute Gasteiger partial charge is 0.0991 e. The molecule has 7 rings (SSSR count). The van der Waals surface area contributed by atoms with Crippen molar-refractivity contribution in [2.24, 2.45) is 5.41 Å². The summed E-state index contributed by atoms with van der Waals surface area (Å²) in [6.07, 6.45) is 2.97. The Balaban J connectivity index is 1.74. The molecular weight excluding hydrogens is 426 g/mol. The number of nitriles is 1. The lowest BCUT2D eigenvalue weighted by molar-refractivity contribution is 0.411. The first-order valence-corrected chi connectivity index (χ1v) is 12.2. The molecule has 7 aromatic rings. The lowest BCUT2D eigenvalue weighted by Gasteiger charge is -2.19. The third-order valence-corrected chi connectivity index (χ3v) is 7.43. The lowest BCUT2D eigenvalue weighted by atomic mass is 9.87. The molecule has 0 bridgehead atoms. The van der Waals surface area contributed by atoms with Gasteiger partial charge in [-0.2, -0.15) is 5.26 Å². The Labute approximate surface area is 203 Å². The number of nitrogens with zero attached hydrogens (tertiary/aromatic N) is 3. The molecular formula is C32H25N3. The highest BCUT2D eigenvalue weighted by atomic mass is 14.9. The van der Waals surface area contributed by atoms with Crippen LogP contribution in [-0.2, 0) is 6.42 Å². The van der Waals surface area contributed by atoms with Crippen molar-refractivity contribution in [1.29, 1.82) is 5.26 Å². The highest BCUT2D eigenvalue weighted by Crippen LogP contribution is 2.43. The topological polar surface area (TPSA) is 41.1 Å². The zero-order valence-corrected chi connectivity index (χ0v) is 20.4. The summed E-state index contributed by atoms with van der Waals surface area (Å²) in [5, 5.41) is 17.9. The first-order chi connectivity index (χ1) is 16.8. The summed E-state index contributed by atoms with van der Waals surface area (Å²) >= 11 is 0. The van der Waals surface area contributed by atoms with Gasteiger partial charge in [-0.05, 0) is 76.4 Å². The maximum Gasteiger partial charge on any atom is 0.0991 e. The fraction of sp³-hybridized carbons (Fsp3) is 0.188. The molecule has 0 spiro atoms. The normalized spacial score (nSPS) is 12.7. The zero-order valence-electron chi connectivity index (χ0n) is 20.4. The summed E-state index contributed by atoms with van der Waals surface area (Å²) in [4.78, 5) is 4.93. The molecule has 0 aliphatic carbocycles. The molecule has 3 heterocycles. The summed E-state index contributed by atoms with van der Waals surface area (Å²) in [5.74, 6) is 0. The number of hydrogen-bond acceptors (Lipinski definition) is 2. The number of aryl methyl sites for hydroxylation is 1. The van der Waals surface area contributed by atoms with Gasteiger partial charge < -0.3 is 4.40 Å². The predicted molar refractivity (Wildman–Crippen MR) is 147 cm³/mol. The second-order valence-corrected chi connectivity index (χ2v) is 11.1. The van der Waals surface area contributed by atoms with Gasteiger partial charge in [-0.15, -0.1) is 0 Å². The van der Waals surface area contributed by atoms with Gasteiger partial charge in [-0.3, -0.25) is 4.98 Å². The van der Waals surface area contributed by atoms with E-state index in [4.69, 9.17) is 4.98 Å². The molecule has 0 aliphatic rings. The molecule has 0 saturated heterocycles.